The molecule has 0 saturated carbocycles. The molecule has 5 nitrogen and oxygen atoms in total. The lowest BCUT2D eigenvalue weighted by Crippen LogP contribution is -2.20. The maximum absolute atomic E-state index is 5.62. The molecule has 19 heavy (non-hydrogen) atoms. The van der Waals surface area contributed by atoms with E-state index in [4.69, 9.17) is 5.73 Å². The van der Waals surface area contributed by atoms with Crippen molar-refractivity contribution >= 4 is 23.0 Å². The molecule has 3 rings (SSSR count). The van der Waals surface area contributed by atoms with Gasteiger partial charge in [-0.25, -0.2) is 15.0 Å². The third-order valence-corrected chi connectivity index (χ3v) is 4.57. The van der Waals surface area contributed by atoms with Gasteiger partial charge in [-0.15, -0.1) is 11.3 Å². The number of rotatable bonds is 2. The first kappa shape index (κ1) is 12.3. The van der Waals surface area contributed by atoms with E-state index in [1.54, 1.807) is 6.20 Å². The van der Waals surface area contributed by atoms with Gasteiger partial charge in [0.2, 0.25) is 0 Å². The first-order valence-corrected chi connectivity index (χ1v) is 7.30. The van der Waals surface area contributed by atoms with E-state index in [0.717, 1.165) is 29.6 Å². The molecule has 0 radical (unpaired) electrons. The first-order chi connectivity index (χ1) is 9.13. The summed E-state index contributed by atoms with van der Waals surface area (Å²) < 4.78 is 0. The van der Waals surface area contributed by atoms with Gasteiger partial charge in [0.15, 0.2) is 0 Å². The molecule has 0 amide bonds. The molecule has 0 aliphatic carbocycles. The van der Waals surface area contributed by atoms with Crippen molar-refractivity contribution in [2.45, 2.75) is 13.8 Å². The van der Waals surface area contributed by atoms with Gasteiger partial charge in [0.1, 0.15) is 22.3 Å². The molecule has 1 aliphatic rings. The third kappa shape index (κ3) is 2.40. The summed E-state index contributed by atoms with van der Waals surface area (Å²) in [7, 11) is 0. The normalized spacial score (nSPS) is 22.9. The SMILES string of the molecule is CC1CN(c2cnc(-c3nc(N)cs3)cn2)CC1C. The summed E-state index contributed by atoms with van der Waals surface area (Å²) in [5.74, 6) is 2.90. The predicted molar refractivity (Wildman–Crippen MR) is 78.1 cm³/mol. The van der Waals surface area contributed by atoms with Crippen LogP contribution in [-0.2, 0) is 0 Å². The highest BCUT2D eigenvalue weighted by atomic mass is 32.1. The lowest BCUT2D eigenvalue weighted by atomic mass is 10.0. The molecule has 100 valence electrons. The predicted octanol–water partition coefficient (Wildman–Crippen LogP) is 2.27. The molecule has 0 aromatic carbocycles. The Morgan fingerprint density at radius 1 is 1.21 bits per heavy atom. The molecule has 2 atom stereocenters. The number of nitrogens with zero attached hydrogens (tertiary/aromatic N) is 4. The Bertz CT molecular complexity index is 555. The number of hydrogen-bond acceptors (Lipinski definition) is 6. The van der Waals surface area contributed by atoms with E-state index in [0.29, 0.717) is 17.7 Å². The largest absolute Gasteiger partial charge is 0.383 e. The third-order valence-electron chi connectivity index (χ3n) is 3.69. The Morgan fingerprint density at radius 3 is 2.47 bits per heavy atom. The molecule has 0 bridgehead atoms. The van der Waals surface area contributed by atoms with Gasteiger partial charge in [0.05, 0.1) is 12.4 Å². The zero-order valence-corrected chi connectivity index (χ0v) is 11.9. The molecule has 1 saturated heterocycles. The van der Waals surface area contributed by atoms with Gasteiger partial charge in [-0.3, -0.25) is 0 Å². The Hall–Kier alpha value is -1.69. The second-order valence-corrected chi connectivity index (χ2v) is 6.06. The fourth-order valence-electron chi connectivity index (χ4n) is 2.32. The van der Waals surface area contributed by atoms with Gasteiger partial charge in [0.25, 0.3) is 0 Å². The van der Waals surface area contributed by atoms with E-state index in [1.165, 1.54) is 11.3 Å². The summed E-state index contributed by atoms with van der Waals surface area (Å²) in [4.78, 5) is 15.5. The van der Waals surface area contributed by atoms with Crippen LogP contribution in [0.25, 0.3) is 10.7 Å². The Morgan fingerprint density at radius 2 is 1.95 bits per heavy atom. The molecule has 2 aromatic heterocycles. The minimum atomic E-state index is 0.535. The van der Waals surface area contributed by atoms with Crippen molar-refractivity contribution in [2.75, 3.05) is 23.7 Å². The molecular weight excluding hydrogens is 258 g/mol. The van der Waals surface area contributed by atoms with E-state index in [9.17, 15) is 0 Å². The summed E-state index contributed by atoms with van der Waals surface area (Å²) in [5.41, 5.74) is 6.40. The summed E-state index contributed by atoms with van der Waals surface area (Å²) in [5, 5.41) is 2.63. The molecule has 2 unspecified atom stereocenters. The smallest absolute Gasteiger partial charge is 0.147 e. The van der Waals surface area contributed by atoms with Crippen LogP contribution in [0.5, 0.6) is 0 Å². The zero-order chi connectivity index (χ0) is 13.4. The summed E-state index contributed by atoms with van der Waals surface area (Å²) in [6, 6.07) is 0. The minimum Gasteiger partial charge on any atom is -0.383 e. The van der Waals surface area contributed by atoms with Crippen molar-refractivity contribution in [2.24, 2.45) is 11.8 Å². The van der Waals surface area contributed by atoms with E-state index >= 15 is 0 Å². The number of anilines is 2. The molecule has 0 spiro atoms. The van der Waals surface area contributed by atoms with E-state index in [-0.39, 0.29) is 0 Å². The molecule has 1 aliphatic heterocycles. The zero-order valence-electron chi connectivity index (χ0n) is 11.1. The average Bonchev–Trinajstić information content (AvgIpc) is 2.97. The Labute approximate surface area is 116 Å². The lowest BCUT2D eigenvalue weighted by molar-refractivity contribution is 0.494. The van der Waals surface area contributed by atoms with Crippen LogP contribution in [0.15, 0.2) is 17.8 Å². The molecule has 3 heterocycles. The van der Waals surface area contributed by atoms with E-state index < -0.39 is 0 Å². The van der Waals surface area contributed by atoms with E-state index in [2.05, 4.69) is 33.7 Å². The molecule has 6 heteroatoms. The van der Waals surface area contributed by atoms with Gasteiger partial charge in [-0.1, -0.05) is 13.8 Å². The highest BCUT2D eigenvalue weighted by molar-refractivity contribution is 7.13. The second-order valence-electron chi connectivity index (χ2n) is 5.20. The van der Waals surface area contributed by atoms with Crippen LogP contribution in [-0.4, -0.2) is 28.0 Å². The Kier molecular flexibility index (Phi) is 3.10. The van der Waals surface area contributed by atoms with Crippen molar-refractivity contribution in [3.8, 4) is 10.7 Å². The highest BCUT2D eigenvalue weighted by Crippen LogP contribution is 2.27. The summed E-state index contributed by atoms with van der Waals surface area (Å²) >= 11 is 1.49. The lowest BCUT2D eigenvalue weighted by Gasteiger charge is -2.16. The van der Waals surface area contributed by atoms with Crippen LogP contribution < -0.4 is 10.6 Å². The number of thiazole rings is 1. The fourth-order valence-corrected chi connectivity index (χ4v) is 2.98. The highest BCUT2D eigenvalue weighted by Gasteiger charge is 2.26. The number of aromatic nitrogens is 3. The monoisotopic (exact) mass is 275 g/mol. The number of hydrogen-bond donors (Lipinski definition) is 1. The van der Waals surface area contributed by atoms with Gasteiger partial charge in [-0.05, 0) is 11.8 Å². The maximum Gasteiger partial charge on any atom is 0.147 e. The van der Waals surface area contributed by atoms with Crippen molar-refractivity contribution in [1.82, 2.24) is 15.0 Å². The summed E-state index contributed by atoms with van der Waals surface area (Å²) in [6.07, 6.45) is 3.61. The minimum absolute atomic E-state index is 0.535. The first-order valence-electron chi connectivity index (χ1n) is 6.42. The molecular formula is C13H17N5S. The van der Waals surface area contributed by atoms with Gasteiger partial charge < -0.3 is 10.6 Å². The fraction of sp³-hybridized carbons (Fsp3) is 0.462. The number of nitrogen functional groups attached to an aromatic ring is 1. The van der Waals surface area contributed by atoms with Crippen LogP contribution in [0.3, 0.4) is 0 Å². The molecule has 2 aromatic rings. The van der Waals surface area contributed by atoms with Crippen LogP contribution in [0.1, 0.15) is 13.8 Å². The molecule has 1 fully saturated rings. The van der Waals surface area contributed by atoms with Crippen LogP contribution >= 0.6 is 11.3 Å². The average molecular weight is 275 g/mol. The maximum atomic E-state index is 5.62. The van der Waals surface area contributed by atoms with Gasteiger partial charge in [-0.2, -0.15) is 0 Å². The van der Waals surface area contributed by atoms with Crippen molar-refractivity contribution in [3.05, 3.63) is 17.8 Å². The second kappa shape index (κ2) is 4.77. The molecule has 2 N–H and O–H groups in total. The Balaban J connectivity index is 1.80. The number of nitrogens with two attached hydrogens (primary N) is 1. The van der Waals surface area contributed by atoms with Crippen molar-refractivity contribution < 1.29 is 0 Å². The van der Waals surface area contributed by atoms with Crippen molar-refractivity contribution in [3.63, 3.8) is 0 Å². The van der Waals surface area contributed by atoms with Gasteiger partial charge >= 0.3 is 0 Å². The van der Waals surface area contributed by atoms with E-state index in [1.807, 2.05) is 11.6 Å². The summed E-state index contributed by atoms with van der Waals surface area (Å²) in [6.45, 7) is 6.68. The van der Waals surface area contributed by atoms with Crippen LogP contribution in [0, 0.1) is 11.8 Å². The quantitative estimate of drug-likeness (QED) is 0.910. The standard InChI is InChI=1S/C13H17N5S/c1-8-5-18(6-9(8)2)12-4-15-10(3-16-12)13-17-11(14)7-19-13/h3-4,7-9H,5-6,14H2,1-2H3. The van der Waals surface area contributed by atoms with Crippen LogP contribution in [0.2, 0.25) is 0 Å². The van der Waals surface area contributed by atoms with Gasteiger partial charge in [0, 0.05) is 18.5 Å². The van der Waals surface area contributed by atoms with Crippen LogP contribution in [0.4, 0.5) is 11.6 Å². The topological polar surface area (TPSA) is 67.9 Å². The van der Waals surface area contributed by atoms with Crippen molar-refractivity contribution in [1.29, 1.82) is 0 Å².